The van der Waals surface area contributed by atoms with E-state index in [1.54, 1.807) is 18.4 Å². The molecular formula is C22H35N5OS. The highest BCUT2D eigenvalue weighted by molar-refractivity contribution is 7.11. The van der Waals surface area contributed by atoms with Crippen molar-refractivity contribution in [1.29, 1.82) is 0 Å². The highest BCUT2D eigenvalue weighted by atomic mass is 32.1. The second kappa shape index (κ2) is 12.4. The quantitative estimate of drug-likeness (QED) is 0.433. The second-order valence-electron chi connectivity index (χ2n) is 6.83. The van der Waals surface area contributed by atoms with Crippen molar-refractivity contribution in [3.63, 3.8) is 0 Å². The van der Waals surface area contributed by atoms with Crippen LogP contribution in [0.5, 0.6) is 5.75 Å². The van der Waals surface area contributed by atoms with E-state index in [0.29, 0.717) is 13.2 Å². The Balaban J connectivity index is 1.81. The summed E-state index contributed by atoms with van der Waals surface area (Å²) in [6.45, 7) is 13.7. The minimum atomic E-state index is 0.663. The van der Waals surface area contributed by atoms with Crippen LogP contribution in [-0.4, -0.2) is 55.7 Å². The fourth-order valence-corrected chi connectivity index (χ4v) is 3.88. The third-order valence-electron chi connectivity index (χ3n) is 4.91. The van der Waals surface area contributed by atoms with Crippen molar-refractivity contribution < 1.29 is 4.74 Å². The first-order valence-electron chi connectivity index (χ1n) is 10.4. The van der Waals surface area contributed by atoms with Gasteiger partial charge in [-0.05, 0) is 33.0 Å². The van der Waals surface area contributed by atoms with Gasteiger partial charge < -0.3 is 20.3 Å². The molecular weight excluding hydrogens is 382 g/mol. The highest BCUT2D eigenvalue weighted by Gasteiger charge is 2.07. The Morgan fingerprint density at radius 3 is 2.59 bits per heavy atom. The van der Waals surface area contributed by atoms with Crippen molar-refractivity contribution >= 4 is 17.3 Å². The lowest BCUT2D eigenvalue weighted by atomic mass is 10.2. The van der Waals surface area contributed by atoms with Crippen LogP contribution in [0.1, 0.15) is 35.0 Å². The molecule has 0 radical (unpaired) electrons. The zero-order chi connectivity index (χ0) is 21.1. The number of hydrogen-bond acceptors (Lipinski definition) is 5. The molecule has 160 valence electrons. The van der Waals surface area contributed by atoms with Crippen molar-refractivity contribution in [2.45, 2.75) is 40.7 Å². The number of aliphatic imine (C=N–C) groups is 1. The molecule has 6 nitrogen and oxygen atoms in total. The van der Waals surface area contributed by atoms with E-state index in [0.717, 1.165) is 60.6 Å². The number of aryl methyl sites for hydroxylation is 2. The van der Waals surface area contributed by atoms with E-state index in [4.69, 9.17) is 4.74 Å². The predicted molar refractivity (Wildman–Crippen MR) is 123 cm³/mol. The number of para-hydroxylation sites is 1. The van der Waals surface area contributed by atoms with Crippen molar-refractivity contribution in [3.8, 4) is 5.75 Å². The average molecular weight is 418 g/mol. The van der Waals surface area contributed by atoms with Gasteiger partial charge in [-0.3, -0.25) is 4.99 Å². The molecule has 0 unspecified atom stereocenters. The number of ether oxygens (including phenoxy) is 1. The fraction of sp³-hybridized carbons (Fsp3) is 0.545. The van der Waals surface area contributed by atoms with Crippen LogP contribution in [0.4, 0.5) is 0 Å². The molecule has 2 rings (SSSR count). The zero-order valence-corrected chi connectivity index (χ0v) is 19.2. The van der Waals surface area contributed by atoms with Crippen LogP contribution in [0.3, 0.4) is 0 Å². The number of nitrogens with zero attached hydrogens (tertiary/aromatic N) is 3. The topological polar surface area (TPSA) is 61.8 Å². The third-order valence-corrected chi connectivity index (χ3v) is 6.04. The standard InChI is InChI=1S/C22H35N5OS/c1-6-27(7-2)14-15-28-20-11-9-8-10-19(20)16-25-22(23-5)24-13-12-21-26-17(3)18(4)29-21/h8-11H,6-7,12-16H2,1-5H3,(H2,23,24,25). The lowest BCUT2D eigenvalue weighted by Crippen LogP contribution is -2.38. The SMILES string of the molecule is CCN(CC)CCOc1ccccc1CNC(=NC)NCCc1nc(C)c(C)s1. The minimum Gasteiger partial charge on any atom is -0.492 e. The summed E-state index contributed by atoms with van der Waals surface area (Å²) in [5, 5.41) is 7.91. The summed E-state index contributed by atoms with van der Waals surface area (Å²) >= 11 is 1.77. The van der Waals surface area contributed by atoms with Crippen LogP contribution in [-0.2, 0) is 13.0 Å². The molecule has 1 aromatic heterocycles. The Labute approximate surface area is 179 Å². The number of guanidine groups is 1. The Hall–Kier alpha value is -2.12. The van der Waals surface area contributed by atoms with E-state index in [2.05, 4.69) is 59.3 Å². The maximum atomic E-state index is 6.04. The van der Waals surface area contributed by atoms with Gasteiger partial charge in [-0.1, -0.05) is 32.0 Å². The molecule has 0 bridgehead atoms. The molecule has 29 heavy (non-hydrogen) atoms. The first-order valence-corrected chi connectivity index (χ1v) is 11.2. The summed E-state index contributed by atoms with van der Waals surface area (Å²) in [6.07, 6.45) is 0.894. The Bertz CT molecular complexity index is 751. The number of rotatable bonds is 11. The smallest absolute Gasteiger partial charge is 0.191 e. The number of likely N-dealkylation sites (N-methyl/N-ethyl adjacent to an activating group) is 1. The van der Waals surface area contributed by atoms with Gasteiger partial charge in [-0.2, -0.15) is 0 Å². The Morgan fingerprint density at radius 2 is 1.93 bits per heavy atom. The van der Waals surface area contributed by atoms with Gasteiger partial charge in [0.25, 0.3) is 0 Å². The van der Waals surface area contributed by atoms with Crippen LogP contribution in [0.15, 0.2) is 29.3 Å². The molecule has 2 aromatic rings. The molecule has 7 heteroatoms. The minimum absolute atomic E-state index is 0.663. The molecule has 0 aliphatic rings. The summed E-state index contributed by atoms with van der Waals surface area (Å²) in [6, 6.07) is 8.18. The maximum absolute atomic E-state index is 6.04. The maximum Gasteiger partial charge on any atom is 0.191 e. The number of nitrogens with one attached hydrogen (secondary N) is 2. The summed E-state index contributed by atoms with van der Waals surface area (Å²) in [7, 11) is 1.79. The lowest BCUT2D eigenvalue weighted by Gasteiger charge is -2.19. The molecule has 0 atom stereocenters. The molecule has 0 fully saturated rings. The highest BCUT2D eigenvalue weighted by Crippen LogP contribution is 2.18. The monoisotopic (exact) mass is 417 g/mol. The van der Waals surface area contributed by atoms with Gasteiger partial charge in [0.1, 0.15) is 12.4 Å². The van der Waals surface area contributed by atoms with Gasteiger partial charge in [-0.15, -0.1) is 11.3 Å². The Morgan fingerprint density at radius 1 is 1.17 bits per heavy atom. The van der Waals surface area contributed by atoms with Gasteiger partial charge >= 0.3 is 0 Å². The molecule has 1 aromatic carbocycles. The predicted octanol–water partition coefficient (Wildman–Crippen LogP) is 3.39. The molecule has 0 saturated carbocycles. The zero-order valence-electron chi connectivity index (χ0n) is 18.4. The normalized spacial score (nSPS) is 11.7. The van der Waals surface area contributed by atoms with Crippen LogP contribution < -0.4 is 15.4 Å². The van der Waals surface area contributed by atoms with Gasteiger partial charge in [-0.25, -0.2) is 4.98 Å². The molecule has 0 amide bonds. The molecule has 0 spiro atoms. The van der Waals surface area contributed by atoms with E-state index in [1.165, 1.54) is 4.88 Å². The third kappa shape index (κ3) is 7.66. The van der Waals surface area contributed by atoms with Crippen LogP contribution in [0.25, 0.3) is 0 Å². The first-order chi connectivity index (χ1) is 14.1. The van der Waals surface area contributed by atoms with Gasteiger partial charge in [0.15, 0.2) is 5.96 Å². The van der Waals surface area contributed by atoms with Crippen LogP contribution in [0.2, 0.25) is 0 Å². The number of benzene rings is 1. The molecule has 0 aliphatic heterocycles. The summed E-state index contributed by atoms with van der Waals surface area (Å²) in [4.78, 5) is 12.6. The molecule has 2 N–H and O–H groups in total. The largest absolute Gasteiger partial charge is 0.492 e. The summed E-state index contributed by atoms with van der Waals surface area (Å²) < 4.78 is 6.04. The van der Waals surface area contributed by atoms with E-state index < -0.39 is 0 Å². The van der Waals surface area contributed by atoms with Crippen molar-refractivity contribution in [3.05, 3.63) is 45.4 Å². The second-order valence-corrected chi connectivity index (χ2v) is 8.12. The lowest BCUT2D eigenvalue weighted by molar-refractivity contribution is 0.221. The van der Waals surface area contributed by atoms with Crippen LogP contribution in [0, 0.1) is 13.8 Å². The fourth-order valence-electron chi connectivity index (χ4n) is 2.95. The Kier molecular flexibility index (Phi) is 9.94. The number of thiazole rings is 1. The number of aromatic nitrogens is 1. The summed E-state index contributed by atoms with van der Waals surface area (Å²) in [5.74, 6) is 1.71. The van der Waals surface area contributed by atoms with Gasteiger partial charge in [0, 0.05) is 43.5 Å². The molecule has 0 saturated heterocycles. The van der Waals surface area contributed by atoms with Gasteiger partial charge in [0.05, 0.1) is 10.7 Å². The number of hydrogen-bond donors (Lipinski definition) is 2. The molecule has 1 heterocycles. The molecule has 0 aliphatic carbocycles. The summed E-state index contributed by atoms with van der Waals surface area (Å²) in [5.41, 5.74) is 2.26. The van der Waals surface area contributed by atoms with E-state index >= 15 is 0 Å². The van der Waals surface area contributed by atoms with E-state index in [1.807, 2.05) is 18.2 Å². The average Bonchev–Trinajstić information content (AvgIpc) is 3.06. The van der Waals surface area contributed by atoms with Crippen molar-refractivity contribution in [1.82, 2.24) is 20.5 Å². The van der Waals surface area contributed by atoms with Gasteiger partial charge in [0.2, 0.25) is 0 Å². The first kappa shape index (κ1) is 23.2. The van der Waals surface area contributed by atoms with E-state index in [9.17, 15) is 0 Å². The van der Waals surface area contributed by atoms with Crippen molar-refractivity contribution in [2.75, 3.05) is 39.8 Å². The van der Waals surface area contributed by atoms with E-state index in [-0.39, 0.29) is 0 Å². The van der Waals surface area contributed by atoms with Crippen molar-refractivity contribution in [2.24, 2.45) is 4.99 Å². The van der Waals surface area contributed by atoms with Crippen LogP contribution >= 0.6 is 11.3 Å².